The summed E-state index contributed by atoms with van der Waals surface area (Å²) in [5.74, 6) is 1.23. The number of likely N-dealkylation sites (tertiary alicyclic amines) is 1. The number of rotatable bonds is 3. The first-order valence-corrected chi connectivity index (χ1v) is 6.67. The molecule has 0 aliphatic carbocycles. The van der Waals surface area contributed by atoms with Gasteiger partial charge in [0.1, 0.15) is 0 Å². The Hall–Kier alpha value is -1.22. The molecule has 18 heavy (non-hydrogen) atoms. The van der Waals surface area contributed by atoms with Crippen molar-refractivity contribution in [2.45, 2.75) is 26.8 Å². The van der Waals surface area contributed by atoms with Crippen molar-refractivity contribution in [3.05, 3.63) is 28.8 Å². The van der Waals surface area contributed by atoms with Crippen LogP contribution in [0.3, 0.4) is 0 Å². The maximum absolute atomic E-state index is 11.9. The topological polar surface area (TPSA) is 46.3 Å². The van der Waals surface area contributed by atoms with Gasteiger partial charge in [-0.15, -0.1) is 0 Å². The van der Waals surface area contributed by atoms with Crippen LogP contribution in [0.2, 0.25) is 5.02 Å². The van der Waals surface area contributed by atoms with Crippen molar-refractivity contribution in [1.82, 2.24) is 4.90 Å². The summed E-state index contributed by atoms with van der Waals surface area (Å²) in [6.45, 7) is 5.74. The average Bonchev–Trinajstić information content (AvgIpc) is 2.64. The van der Waals surface area contributed by atoms with Crippen LogP contribution < -0.4 is 5.73 Å². The highest BCUT2D eigenvalue weighted by molar-refractivity contribution is 6.31. The predicted molar refractivity (Wildman–Crippen MR) is 74.2 cm³/mol. The highest BCUT2D eigenvalue weighted by Gasteiger charge is 2.31. The van der Waals surface area contributed by atoms with E-state index in [1.807, 2.05) is 17.0 Å². The van der Waals surface area contributed by atoms with Gasteiger partial charge in [-0.05, 0) is 29.5 Å². The van der Waals surface area contributed by atoms with Crippen LogP contribution in [0.25, 0.3) is 0 Å². The molecule has 1 amide bonds. The average molecular weight is 267 g/mol. The Balaban J connectivity index is 2.08. The molecule has 1 aliphatic heterocycles. The maximum Gasteiger partial charge on any atom is 0.223 e. The molecule has 3 nitrogen and oxygen atoms in total. The zero-order chi connectivity index (χ0) is 13.3. The third kappa shape index (κ3) is 2.78. The van der Waals surface area contributed by atoms with Crippen LogP contribution in [0.15, 0.2) is 18.2 Å². The van der Waals surface area contributed by atoms with Gasteiger partial charge in [-0.25, -0.2) is 0 Å². The molecule has 1 fully saturated rings. The molecule has 0 spiro atoms. The highest BCUT2D eigenvalue weighted by Crippen LogP contribution is 2.28. The van der Waals surface area contributed by atoms with Crippen LogP contribution in [0.5, 0.6) is 0 Å². The summed E-state index contributed by atoms with van der Waals surface area (Å²) in [5, 5.41) is 0.635. The summed E-state index contributed by atoms with van der Waals surface area (Å²) >= 11 is 6.14. The third-order valence-corrected chi connectivity index (χ3v) is 3.98. The van der Waals surface area contributed by atoms with E-state index >= 15 is 0 Å². The lowest BCUT2D eigenvalue weighted by molar-refractivity contribution is -0.128. The molecule has 1 atom stereocenters. The van der Waals surface area contributed by atoms with E-state index in [1.165, 1.54) is 0 Å². The van der Waals surface area contributed by atoms with Gasteiger partial charge in [0.2, 0.25) is 5.91 Å². The number of nitrogen functional groups attached to an aromatic ring is 1. The molecule has 1 aliphatic rings. The number of amides is 1. The van der Waals surface area contributed by atoms with Gasteiger partial charge in [0.15, 0.2) is 0 Å². The molecular formula is C14H19ClN2O. The summed E-state index contributed by atoms with van der Waals surface area (Å²) in [7, 11) is 0. The quantitative estimate of drug-likeness (QED) is 0.855. The van der Waals surface area contributed by atoms with Crippen LogP contribution in [0.4, 0.5) is 5.69 Å². The molecule has 1 saturated heterocycles. The van der Waals surface area contributed by atoms with E-state index in [0.29, 0.717) is 35.5 Å². The van der Waals surface area contributed by atoms with Gasteiger partial charge in [-0.2, -0.15) is 0 Å². The lowest BCUT2D eigenvalue weighted by Crippen LogP contribution is -2.25. The first-order chi connectivity index (χ1) is 8.47. The smallest absolute Gasteiger partial charge is 0.223 e. The monoisotopic (exact) mass is 266 g/mol. The van der Waals surface area contributed by atoms with Crippen molar-refractivity contribution >= 4 is 23.2 Å². The fraction of sp³-hybridized carbons (Fsp3) is 0.500. The number of nitrogens with zero attached hydrogens (tertiary/aromatic N) is 1. The first-order valence-electron chi connectivity index (χ1n) is 6.29. The molecule has 98 valence electrons. The Morgan fingerprint density at radius 3 is 2.78 bits per heavy atom. The second-order valence-electron chi connectivity index (χ2n) is 5.33. The minimum atomic E-state index is 0.224. The SMILES string of the molecule is CC(C)C1CC(=O)N(Cc2ccc(N)cc2Cl)C1. The Kier molecular flexibility index (Phi) is 3.81. The van der Waals surface area contributed by atoms with E-state index in [2.05, 4.69) is 13.8 Å². The molecule has 0 saturated carbocycles. The molecule has 0 bridgehead atoms. The van der Waals surface area contributed by atoms with Gasteiger partial charge in [0.25, 0.3) is 0 Å². The van der Waals surface area contributed by atoms with E-state index in [0.717, 1.165) is 12.1 Å². The van der Waals surface area contributed by atoms with E-state index in [-0.39, 0.29) is 5.91 Å². The molecule has 4 heteroatoms. The van der Waals surface area contributed by atoms with Gasteiger partial charge >= 0.3 is 0 Å². The van der Waals surface area contributed by atoms with Crippen LogP contribution >= 0.6 is 11.6 Å². The van der Waals surface area contributed by atoms with Gasteiger partial charge in [-0.1, -0.05) is 31.5 Å². The van der Waals surface area contributed by atoms with Crippen molar-refractivity contribution < 1.29 is 4.79 Å². The largest absolute Gasteiger partial charge is 0.399 e. The van der Waals surface area contributed by atoms with E-state index in [4.69, 9.17) is 17.3 Å². The lowest BCUT2D eigenvalue weighted by Gasteiger charge is -2.19. The summed E-state index contributed by atoms with van der Waals surface area (Å²) < 4.78 is 0. The number of halogens is 1. The van der Waals surface area contributed by atoms with Crippen molar-refractivity contribution in [3.8, 4) is 0 Å². The second-order valence-corrected chi connectivity index (χ2v) is 5.74. The van der Waals surface area contributed by atoms with Gasteiger partial charge in [0, 0.05) is 30.2 Å². The summed E-state index contributed by atoms with van der Waals surface area (Å²) in [6, 6.07) is 5.45. The fourth-order valence-electron chi connectivity index (χ4n) is 2.30. The lowest BCUT2D eigenvalue weighted by atomic mass is 9.95. The van der Waals surface area contributed by atoms with Crippen molar-refractivity contribution in [2.75, 3.05) is 12.3 Å². The van der Waals surface area contributed by atoms with Crippen LogP contribution in [0.1, 0.15) is 25.8 Å². The summed E-state index contributed by atoms with van der Waals surface area (Å²) in [4.78, 5) is 13.8. The number of carbonyl (C=O) groups is 1. The van der Waals surface area contributed by atoms with Crippen molar-refractivity contribution in [3.63, 3.8) is 0 Å². The standard InChI is InChI=1S/C14H19ClN2O/c1-9(2)11-5-14(18)17(8-11)7-10-3-4-12(16)6-13(10)15/h3-4,6,9,11H,5,7-8,16H2,1-2H3. The zero-order valence-corrected chi connectivity index (χ0v) is 11.6. The fourth-order valence-corrected chi connectivity index (χ4v) is 2.55. The Labute approximate surface area is 113 Å². The van der Waals surface area contributed by atoms with Gasteiger partial charge in [-0.3, -0.25) is 4.79 Å². The van der Waals surface area contributed by atoms with Crippen LogP contribution in [-0.4, -0.2) is 17.4 Å². The molecule has 1 aromatic carbocycles. The number of nitrogens with two attached hydrogens (primary N) is 1. The highest BCUT2D eigenvalue weighted by atomic mass is 35.5. The van der Waals surface area contributed by atoms with E-state index in [9.17, 15) is 4.79 Å². The number of hydrogen-bond donors (Lipinski definition) is 1. The number of hydrogen-bond acceptors (Lipinski definition) is 2. The normalized spacial score (nSPS) is 19.9. The third-order valence-electron chi connectivity index (χ3n) is 3.63. The number of benzene rings is 1. The van der Waals surface area contributed by atoms with Gasteiger partial charge in [0.05, 0.1) is 0 Å². The minimum Gasteiger partial charge on any atom is -0.399 e. The molecule has 1 aromatic rings. The molecule has 2 rings (SSSR count). The minimum absolute atomic E-state index is 0.224. The second kappa shape index (κ2) is 5.19. The van der Waals surface area contributed by atoms with Gasteiger partial charge < -0.3 is 10.6 Å². The number of anilines is 1. The zero-order valence-electron chi connectivity index (χ0n) is 10.8. The summed E-state index contributed by atoms with van der Waals surface area (Å²) in [6.07, 6.45) is 0.657. The molecule has 2 N–H and O–H groups in total. The molecule has 1 heterocycles. The predicted octanol–water partition coefficient (Wildman–Crippen LogP) is 2.93. The molecule has 0 aromatic heterocycles. The van der Waals surface area contributed by atoms with Crippen molar-refractivity contribution in [1.29, 1.82) is 0 Å². The van der Waals surface area contributed by atoms with Crippen molar-refractivity contribution in [2.24, 2.45) is 11.8 Å². The molecule has 1 unspecified atom stereocenters. The van der Waals surface area contributed by atoms with Crippen LogP contribution in [-0.2, 0) is 11.3 Å². The van der Waals surface area contributed by atoms with E-state index < -0.39 is 0 Å². The van der Waals surface area contributed by atoms with Crippen LogP contribution in [0, 0.1) is 11.8 Å². The van der Waals surface area contributed by atoms with E-state index in [1.54, 1.807) is 6.07 Å². The maximum atomic E-state index is 11.9. The first kappa shape index (κ1) is 13.2. The Morgan fingerprint density at radius 2 is 2.22 bits per heavy atom. The Morgan fingerprint density at radius 1 is 1.50 bits per heavy atom. The molecule has 0 radical (unpaired) electrons. The number of carbonyl (C=O) groups excluding carboxylic acids is 1. The Bertz CT molecular complexity index is 459. The summed E-state index contributed by atoms with van der Waals surface area (Å²) in [5.41, 5.74) is 7.27. The molecular weight excluding hydrogens is 248 g/mol.